The molecule has 0 spiro atoms. The van der Waals surface area contributed by atoms with Gasteiger partial charge >= 0.3 is 0 Å². The first-order chi connectivity index (χ1) is 20.9. The van der Waals surface area contributed by atoms with Gasteiger partial charge in [0.15, 0.2) is 0 Å². The summed E-state index contributed by atoms with van der Waals surface area (Å²) in [5, 5.41) is 16.3. The Kier molecular flexibility index (Phi) is 10.7. The van der Waals surface area contributed by atoms with Crippen LogP contribution < -0.4 is 31.7 Å². The van der Waals surface area contributed by atoms with Crippen molar-refractivity contribution < 1.29 is 4.79 Å². The highest BCUT2D eigenvalue weighted by Crippen LogP contribution is 2.24. The van der Waals surface area contributed by atoms with Crippen molar-refractivity contribution in [1.29, 1.82) is 0 Å². The standard InChI is InChI=1S/C32H40ClN9O/c1-42(2)16-8-14-29(43)39-25-18-36-28(37-19-25)21-35-23-11-7-12-24(17-23)40-32-38-20-27(33)31(41-32)30-26-13-4-3-9-22(26)10-5-6-15-34-30/h3-4,8-10,13-14,18-20,23-24,34-35H,5-7,11-12,15-17,21H2,1-2H3,(H,39,43)(H,38,40,41)/b14-8+,22-10+,30-26-/t23-,24+/m0/s1. The van der Waals surface area contributed by atoms with Gasteiger partial charge in [0.05, 0.1) is 41.5 Å². The Balaban J connectivity index is 1.18. The van der Waals surface area contributed by atoms with Crippen molar-refractivity contribution >= 4 is 40.9 Å². The zero-order valence-electron chi connectivity index (χ0n) is 24.8. The molecule has 226 valence electrons. The van der Waals surface area contributed by atoms with Gasteiger partial charge in [-0.05, 0) is 57.8 Å². The van der Waals surface area contributed by atoms with Crippen molar-refractivity contribution in [2.24, 2.45) is 0 Å². The average molecular weight is 602 g/mol. The molecule has 1 aliphatic carbocycles. The summed E-state index contributed by atoms with van der Waals surface area (Å²) in [6, 6.07) is 8.89. The third-order valence-corrected chi connectivity index (χ3v) is 7.80. The fourth-order valence-electron chi connectivity index (χ4n) is 5.38. The summed E-state index contributed by atoms with van der Waals surface area (Å²) in [5.74, 6) is 1.07. The highest BCUT2D eigenvalue weighted by Gasteiger charge is 2.23. The monoisotopic (exact) mass is 601 g/mol. The van der Waals surface area contributed by atoms with E-state index >= 15 is 0 Å². The number of nitrogens with one attached hydrogen (secondary N) is 4. The van der Waals surface area contributed by atoms with E-state index in [0.717, 1.165) is 56.0 Å². The van der Waals surface area contributed by atoms with E-state index in [1.807, 2.05) is 31.1 Å². The molecule has 1 fully saturated rings. The zero-order valence-corrected chi connectivity index (χ0v) is 25.6. The molecule has 43 heavy (non-hydrogen) atoms. The molecule has 2 aliphatic rings. The second kappa shape index (κ2) is 15.0. The molecular weight excluding hydrogens is 562 g/mol. The molecule has 0 bridgehead atoms. The third kappa shape index (κ3) is 8.82. The molecule has 0 saturated heterocycles. The van der Waals surface area contributed by atoms with Gasteiger partial charge in [0, 0.05) is 36.5 Å². The van der Waals surface area contributed by atoms with Gasteiger partial charge in [-0.25, -0.2) is 19.9 Å². The number of hydrogen-bond acceptors (Lipinski definition) is 9. The van der Waals surface area contributed by atoms with E-state index in [1.165, 1.54) is 11.3 Å². The van der Waals surface area contributed by atoms with Gasteiger partial charge in [0.25, 0.3) is 0 Å². The summed E-state index contributed by atoms with van der Waals surface area (Å²) >= 11 is 6.65. The predicted octanol–water partition coefficient (Wildman–Crippen LogP) is 2.81. The van der Waals surface area contributed by atoms with Crippen molar-refractivity contribution in [2.45, 2.75) is 57.2 Å². The number of carbonyl (C=O) groups is 1. The molecule has 3 aromatic rings. The van der Waals surface area contributed by atoms with Crippen LogP contribution in [-0.2, 0) is 11.3 Å². The van der Waals surface area contributed by atoms with Crippen LogP contribution in [-0.4, -0.2) is 70.0 Å². The van der Waals surface area contributed by atoms with E-state index in [0.29, 0.717) is 47.3 Å². The lowest BCUT2D eigenvalue weighted by atomic mass is 9.91. The summed E-state index contributed by atoms with van der Waals surface area (Å²) in [6.45, 7) is 2.11. The number of nitrogens with zero attached hydrogens (tertiary/aromatic N) is 5. The molecule has 4 N–H and O–H groups in total. The molecule has 2 aromatic heterocycles. The van der Waals surface area contributed by atoms with Crippen LogP contribution in [0.1, 0.15) is 50.0 Å². The zero-order chi connectivity index (χ0) is 30.0. The first kappa shape index (κ1) is 30.6. The molecule has 0 unspecified atom stereocenters. The smallest absolute Gasteiger partial charge is 0.248 e. The van der Waals surface area contributed by atoms with Gasteiger partial charge < -0.3 is 26.2 Å². The molecule has 5 rings (SSSR count). The van der Waals surface area contributed by atoms with Crippen LogP contribution >= 0.6 is 11.6 Å². The number of fused-ring (bicyclic) bond motifs is 1. The van der Waals surface area contributed by atoms with Crippen LogP contribution in [0.4, 0.5) is 11.6 Å². The maximum atomic E-state index is 12.1. The second-order valence-corrected chi connectivity index (χ2v) is 11.7. The number of aromatic nitrogens is 4. The maximum Gasteiger partial charge on any atom is 0.248 e. The van der Waals surface area contributed by atoms with Crippen LogP contribution in [0.15, 0.2) is 55.0 Å². The summed E-state index contributed by atoms with van der Waals surface area (Å²) in [5.41, 5.74) is 2.23. The minimum absolute atomic E-state index is 0.197. The van der Waals surface area contributed by atoms with E-state index < -0.39 is 0 Å². The quantitative estimate of drug-likeness (QED) is 0.260. The van der Waals surface area contributed by atoms with E-state index in [4.69, 9.17) is 16.6 Å². The molecule has 1 aromatic carbocycles. The topological polar surface area (TPSA) is 120 Å². The van der Waals surface area contributed by atoms with Crippen LogP contribution in [0.5, 0.6) is 0 Å². The minimum atomic E-state index is -0.197. The number of benzene rings is 1. The molecule has 10 nitrogen and oxygen atoms in total. The molecule has 2 atom stereocenters. The Morgan fingerprint density at radius 3 is 2.74 bits per heavy atom. The molecule has 0 radical (unpaired) electrons. The van der Waals surface area contributed by atoms with Crippen molar-refractivity contribution in [3.63, 3.8) is 0 Å². The summed E-state index contributed by atoms with van der Waals surface area (Å²) < 4.78 is 0. The van der Waals surface area contributed by atoms with Crippen molar-refractivity contribution in [3.05, 3.63) is 82.0 Å². The lowest BCUT2D eigenvalue weighted by molar-refractivity contribution is -0.111. The molecule has 11 heteroatoms. The Hall–Kier alpha value is -3.86. The van der Waals surface area contributed by atoms with Crippen LogP contribution in [0.25, 0.3) is 11.8 Å². The van der Waals surface area contributed by atoms with E-state index in [9.17, 15) is 4.79 Å². The first-order valence-corrected chi connectivity index (χ1v) is 15.3. The molecular formula is C32H40ClN9O. The van der Waals surface area contributed by atoms with Gasteiger partial charge in [-0.3, -0.25) is 4.79 Å². The molecule has 1 saturated carbocycles. The SMILES string of the molecule is CN(C)C/C=C/C(=O)Nc1cnc(CN[C@H]2CCC[C@@H](Nc3ncc(Cl)c(/C4=c5\cccc\c5=C/CCCN4)n3)C2)nc1. The van der Waals surface area contributed by atoms with Crippen molar-refractivity contribution in [1.82, 2.24) is 35.5 Å². The Morgan fingerprint density at radius 2 is 1.91 bits per heavy atom. The van der Waals surface area contributed by atoms with Gasteiger partial charge in [-0.2, -0.15) is 0 Å². The number of anilines is 2. The van der Waals surface area contributed by atoms with Crippen LogP contribution in [0.2, 0.25) is 5.02 Å². The maximum absolute atomic E-state index is 12.1. The number of hydrogen-bond donors (Lipinski definition) is 4. The predicted molar refractivity (Wildman–Crippen MR) is 172 cm³/mol. The highest BCUT2D eigenvalue weighted by molar-refractivity contribution is 6.32. The third-order valence-electron chi connectivity index (χ3n) is 7.53. The summed E-state index contributed by atoms with van der Waals surface area (Å²) in [6.07, 6.45) is 16.8. The van der Waals surface area contributed by atoms with Gasteiger partial charge in [-0.1, -0.05) is 48.0 Å². The number of rotatable bonds is 10. The molecule has 1 aliphatic heterocycles. The number of likely N-dealkylation sites (N-methyl/N-ethyl adjacent to an activating group) is 1. The normalized spacial score (nSPS) is 20.8. The second-order valence-electron chi connectivity index (χ2n) is 11.3. The Bertz CT molecular complexity index is 1540. The average Bonchev–Trinajstić information content (AvgIpc) is 2.99. The number of halogens is 1. The lowest BCUT2D eigenvalue weighted by Gasteiger charge is -2.30. The van der Waals surface area contributed by atoms with Crippen LogP contribution in [0, 0.1) is 0 Å². The van der Waals surface area contributed by atoms with Gasteiger partial charge in [0.1, 0.15) is 11.5 Å². The lowest BCUT2D eigenvalue weighted by Crippen LogP contribution is -2.39. The summed E-state index contributed by atoms with van der Waals surface area (Å²) in [7, 11) is 3.90. The van der Waals surface area contributed by atoms with Gasteiger partial charge in [0.2, 0.25) is 11.9 Å². The van der Waals surface area contributed by atoms with E-state index in [-0.39, 0.29) is 11.9 Å². The van der Waals surface area contributed by atoms with Gasteiger partial charge in [-0.15, -0.1) is 0 Å². The number of amides is 1. The summed E-state index contributed by atoms with van der Waals surface area (Å²) in [4.78, 5) is 32.3. The number of carbonyl (C=O) groups excluding carboxylic acids is 1. The van der Waals surface area contributed by atoms with E-state index in [2.05, 4.69) is 60.5 Å². The van der Waals surface area contributed by atoms with Crippen molar-refractivity contribution in [3.8, 4) is 0 Å². The Labute approximate surface area is 257 Å². The van der Waals surface area contributed by atoms with E-state index in [1.54, 1.807) is 18.6 Å². The van der Waals surface area contributed by atoms with Crippen molar-refractivity contribution in [2.75, 3.05) is 37.8 Å². The molecule has 1 amide bonds. The Morgan fingerprint density at radius 1 is 1.09 bits per heavy atom. The van der Waals surface area contributed by atoms with Crippen LogP contribution in [0.3, 0.4) is 0 Å². The fourth-order valence-corrected chi connectivity index (χ4v) is 5.57. The minimum Gasteiger partial charge on any atom is -0.383 e. The molecule has 3 heterocycles. The first-order valence-electron chi connectivity index (χ1n) is 14.9. The largest absolute Gasteiger partial charge is 0.383 e. The highest BCUT2D eigenvalue weighted by atomic mass is 35.5. The fraction of sp³-hybridized carbons (Fsp3) is 0.406.